The minimum Gasteiger partial charge on any atom is -0.387 e. The van der Waals surface area contributed by atoms with Crippen LogP contribution < -0.4 is 0 Å². The van der Waals surface area contributed by atoms with E-state index < -0.39 is 6.10 Å². The van der Waals surface area contributed by atoms with Gasteiger partial charge in [-0.2, -0.15) is 5.10 Å². The number of aliphatic hydroxyl groups excluding tert-OH is 1. The molecule has 0 unspecified atom stereocenters. The molecule has 0 fully saturated rings. The molecule has 90 valence electrons. The molecule has 2 aromatic heterocycles. The SMILES string of the molecule is CC[C@@H](O)c1ccc(Sc2ncnn2C)cn1. The van der Waals surface area contributed by atoms with E-state index >= 15 is 0 Å². The molecule has 0 aromatic carbocycles. The second-order valence-electron chi connectivity index (χ2n) is 3.61. The Morgan fingerprint density at radius 1 is 1.41 bits per heavy atom. The third-order valence-corrected chi connectivity index (χ3v) is 3.40. The highest BCUT2D eigenvalue weighted by Gasteiger charge is 2.07. The van der Waals surface area contributed by atoms with Crippen LogP contribution in [0, 0.1) is 0 Å². The molecular weight excluding hydrogens is 236 g/mol. The molecule has 0 radical (unpaired) electrons. The van der Waals surface area contributed by atoms with Gasteiger partial charge in [-0.05, 0) is 30.3 Å². The Hall–Kier alpha value is -1.40. The van der Waals surface area contributed by atoms with Crippen molar-refractivity contribution >= 4 is 11.8 Å². The van der Waals surface area contributed by atoms with E-state index in [0.717, 1.165) is 10.1 Å². The number of pyridine rings is 1. The van der Waals surface area contributed by atoms with E-state index in [4.69, 9.17) is 0 Å². The lowest BCUT2D eigenvalue weighted by molar-refractivity contribution is 0.169. The molecule has 0 bridgehead atoms. The number of rotatable bonds is 4. The Morgan fingerprint density at radius 3 is 2.76 bits per heavy atom. The predicted molar refractivity (Wildman–Crippen MR) is 64.6 cm³/mol. The van der Waals surface area contributed by atoms with Gasteiger partial charge >= 0.3 is 0 Å². The van der Waals surface area contributed by atoms with E-state index in [9.17, 15) is 5.11 Å². The van der Waals surface area contributed by atoms with Gasteiger partial charge in [0, 0.05) is 18.1 Å². The second-order valence-corrected chi connectivity index (χ2v) is 4.65. The van der Waals surface area contributed by atoms with Crippen molar-refractivity contribution < 1.29 is 5.11 Å². The average molecular weight is 250 g/mol. The minimum atomic E-state index is -0.483. The van der Waals surface area contributed by atoms with E-state index in [-0.39, 0.29) is 0 Å². The van der Waals surface area contributed by atoms with Gasteiger partial charge in [0.05, 0.1) is 11.8 Å². The molecule has 0 aliphatic rings. The minimum absolute atomic E-state index is 0.483. The maximum atomic E-state index is 9.63. The van der Waals surface area contributed by atoms with Crippen LogP contribution in [0.15, 0.2) is 34.7 Å². The zero-order valence-electron chi connectivity index (χ0n) is 9.74. The number of hydrogen-bond donors (Lipinski definition) is 1. The first-order valence-corrected chi connectivity index (χ1v) is 6.18. The van der Waals surface area contributed by atoms with Gasteiger partial charge in [-0.3, -0.25) is 4.98 Å². The maximum absolute atomic E-state index is 9.63. The van der Waals surface area contributed by atoms with Crippen molar-refractivity contribution in [2.24, 2.45) is 7.05 Å². The Balaban J connectivity index is 2.11. The molecule has 2 heterocycles. The summed E-state index contributed by atoms with van der Waals surface area (Å²) in [6.07, 6.45) is 3.45. The van der Waals surface area contributed by atoms with Crippen molar-refractivity contribution in [3.8, 4) is 0 Å². The smallest absolute Gasteiger partial charge is 0.190 e. The van der Waals surface area contributed by atoms with Crippen molar-refractivity contribution in [2.75, 3.05) is 0 Å². The molecule has 0 aliphatic carbocycles. The molecule has 0 amide bonds. The van der Waals surface area contributed by atoms with Crippen molar-refractivity contribution in [1.82, 2.24) is 19.7 Å². The Morgan fingerprint density at radius 2 is 2.24 bits per heavy atom. The molecular formula is C11H14N4OS. The first kappa shape index (κ1) is 12.1. The first-order valence-electron chi connectivity index (χ1n) is 5.36. The van der Waals surface area contributed by atoms with Crippen LogP contribution in [-0.4, -0.2) is 24.9 Å². The number of aryl methyl sites for hydroxylation is 1. The normalized spacial score (nSPS) is 12.6. The molecule has 1 atom stereocenters. The molecule has 0 aliphatic heterocycles. The number of nitrogens with zero attached hydrogens (tertiary/aromatic N) is 4. The maximum Gasteiger partial charge on any atom is 0.190 e. The zero-order chi connectivity index (χ0) is 12.3. The highest BCUT2D eigenvalue weighted by atomic mass is 32.2. The van der Waals surface area contributed by atoms with Crippen molar-refractivity contribution in [3.63, 3.8) is 0 Å². The summed E-state index contributed by atoms with van der Waals surface area (Å²) in [5.41, 5.74) is 0.704. The van der Waals surface area contributed by atoms with Gasteiger partial charge in [0.15, 0.2) is 5.16 Å². The molecule has 0 spiro atoms. The predicted octanol–water partition coefficient (Wildman–Crippen LogP) is 1.80. The first-order chi connectivity index (χ1) is 8.20. The van der Waals surface area contributed by atoms with Gasteiger partial charge in [0.25, 0.3) is 0 Å². The van der Waals surface area contributed by atoms with Crippen molar-refractivity contribution in [3.05, 3.63) is 30.4 Å². The van der Waals surface area contributed by atoms with Crippen LogP contribution >= 0.6 is 11.8 Å². The summed E-state index contributed by atoms with van der Waals surface area (Å²) in [6, 6.07) is 3.77. The summed E-state index contributed by atoms with van der Waals surface area (Å²) in [4.78, 5) is 9.33. The average Bonchev–Trinajstić information content (AvgIpc) is 2.75. The van der Waals surface area contributed by atoms with Crippen LogP contribution in [-0.2, 0) is 7.05 Å². The number of aromatic nitrogens is 4. The Bertz CT molecular complexity index is 482. The molecule has 6 heteroatoms. The van der Waals surface area contributed by atoms with Gasteiger partial charge in [0.2, 0.25) is 0 Å². The second kappa shape index (κ2) is 5.29. The summed E-state index contributed by atoms with van der Waals surface area (Å²) < 4.78 is 1.71. The molecule has 1 N–H and O–H groups in total. The fourth-order valence-corrected chi connectivity index (χ4v) is 2.07. The standard InChI is InChI=1S/C11H14N4OS/c1-3-10(16)9-5-4-8(6-12-9)17-11-13-7-14-15(11)2/h4-7,10,16H,3H2,1-2H3/t10-/m1/s1. The van der Waals surface area contributed by atoms with Gasteiger partial charge in [0.1, 0.15) is 6.33 Å². The Kier molecular flexibility index (Phi) is 3.75. The number of aliphatic hydroxyl groups is 1. The molecule has 0 saturated carbocycles. The van der Waals surface area contributed by atoms with Gasteiger partial charge in [-0.1, -0.05) is 6.92 Å². The summed E-state index contributed by atoms with van der Waals surface area (Å²) in [6.45, 7) is 1.93. The molecule has 0 saturated heterocycles. The summed E-state index contributed by atoms with van der Waals surface area (Å²) in [5.74, 6) is 0. The van der Waals surface area contributed by atoms with Crippen LogP contribution in [0.4, 0.5) is 0 Å². The fourth-order valence-electron chi connectivity index (χ4n) is 1.34. The van der Waals surface area contributed by atoms with Crippen LogP contribution in [0.3, 0.4) is 0 Å². The molecule has 2 rings (SSSR count). The fraction of sp³-hybridized carbons (Fsp3) is 0.364. The van der Waals surface area contributed by atoms with Crippen LogP contribution in [0.25, 0.3) is 0 Å². The lowest BCUT2D eigenvalue weighted by Gasteiger charge is -2.07. The third kappa shape index (κ3) is 2.83. The van der Waals surface area contributed by atoms with E-state index in [2.05, 4.69) is 15.1 Å². The number of hydrogen-bond acceptors (Lipinski definition) is 5. The van der Waals surface area contributed by atoms with Crippen LogP contribution in [0.1, 0.15) is 25.1 Å². The molecule has 17 heavy (non-hydrogen) atoms. The van der Waals surface area contributed by atoms with Crippen LogP contribution in [0.5, 0.6) is 0 Å². The van der Waals surface area contributed by atoms with E-state index in [1.807, 2.05) is 26.1 Å². The van der Waals surface area contributed by atoms with Gasteiger partial charge < -0.3 is 5.11 Å². The van der Waals surface area contributed by atoms with Crippen LogP contribution in [0.2, 0.25) is 0 Å². The van der Waals surface area contributed by atoms with Gasteiger partial charge in [-0.25, -0.2) is 9.67 Å². The third-order valence-electron chi connectivity index (χ3n) is 2.37. The quantitative estimate of drug-likeness (QED) is 0.896. The highest BCUT2D eigenvalue weighted by Crippen LogP contribution is 2.25. The van der Waals surface area contributed by atoms with E-state index in [1.54, 1.807) is 10.9 Å². The highest BCUT2D eigenvalue weighted by molar-refractivity contribution is 7.99. The molecule has 5 nitrogen and oxygen atoms in total. The Labute approximate surface area is 104 Å². The largest absolute Gasteiger partial charge is 0.387 e. The summed E-state index contributed by atoms with van der Waals surface area (Å²) in [5, 5.41) is 14.4. The van der Waals surface area contributed by atoms with Crippen molar-refractivity contribution in [2.45, 2.75) is 29.5 Å². The lowest BCUT2D eigenvalue weighted by Crippen LogP contribution is -1.98. The monoisotopic (exact) mass is 250 g/mol. The van der Waals surface area contributed by atoms with Crippen molar-refractivity contribution in [1.29, 1.82) is 0 Å². The lowest BCUT2D eigenvalue weighted by atomic mass is 10.2. The summed E-state index contributed by atoms with van der Waals surface area (Å²) in [7, 11) is 1.85. The van der Waals surface area contributed by atoms with E-state index in [0.29, 0.717) is 12.1 Å². The zero-order valence-corrected chi connectivity index (χ0v) is 10.6. The topological polar surface area (TPSA) is 63.8 Å². The molecule has 2 aromatic rings. The summed E-state index contributed by atoms with van der Waals surface area (Å²) >= 11 is 1.49. The van der Waals surface area contributed by atoms with E-state index in [1.165, 1.54) is 18.1 Å². The van der Waals surface area contributed by atoms with Gasteiger partial charge in [-0.15, -0.1) is 0 Å².